The monoisotopic (exact) mass is 310 g/mol. The van der Waals surface area contributed by atoms with Crippen molar-refractivity contribution in [2.45, 2.75) is 65.3 Å². The first-order valence-electron chi connectivity index (χ1n) is 7.57. The fourth-order valence-electron chi connectivity index (χ4n) is 1.95. The minimum absolute atomic E-state index is 0.126. The van der Waals surface area contributed by atoms with Crippen molar-refractivity contribution in [2.24, 2.45) is 5.92 Å². The summed E-state index contributed by atoms with van der Waals surface area (Å²) in [4.78, 5) is 27.1. The summed E-state index contributed by atoms with van der Waals surface area (Å²) in [7, 11) is 0. The maximum atomic E-state index is 11.9. The molecule has 22 heavy (non-hydrogen) atoms. The smallest absolute Gasteiger partial charge is 0.326 e. The van der Waals surface area contributed by atoms with Gasteiger partial charge in [0.1, 0.15) is 11.8 Å². The van der Waals surface area contributed by atoms with E-state index in [0.717, 1.165) is 5.76 Å². The fourth-order valence-corrected chi connectivity index (χ4v) is 1.95. The number of oxazole rings is 1. The van der Waals surface area contributed by atoms with Crippen LogP contribution in [0.5, 0.6) is 0 Å². The van der Waals surface area contributed by atoms with Crippen LogP contribution in [0.4, 0.5) is 0 Å². The van der Waals surface area contributed by atoms with Crippen molar-refractivity contribution < 1.29 is 19.1 Å². The molecule has 0 aliphatic heterocycles. The number of carboxylic acids is 1. The van der Waals surface area contributed by atoms with Crippen LogP contribution in [0.1, 0.15) is 59.1 Å². The lowest BCUT2D eigenvalue weighted by molar-refractivity contribution is -0.142. The Kier molecular flexibility index (Phi) is 6.14. The summed E-state index contributed by atoms with van der Waals surface area (Å²) >= 11 is 0. The molecule has 1 atom stereocenters. The highest BCUT2D eigenvalue weighted by molar-refractivity contribution is 5.83. The largest absolute Gasteiger partial charge is 0.480 e. The quantitative estimate of drug-likeness (QED) is 0.807. The molecule has 1 amide bonds. The van der Waals surface area contributed by atoms with Crippen molar-refractivity contribution in [1.82, 2.24) is 10.3 Å². The first kappa shape index (κ1) is 18.2. The number of nitrogens with zero attached hydrogens (tertiary/aromatic N) is 1. The Morgan fingerprint density at radius 2 is 2.00 bits per heavy atom. The Hall–Kier alpha value is -1.85. The van der Waals surface area contributed by atoms with E-state index >= 15 is 0 Å². The lowest BCUT2D eigenvalue weighted by atomic mass is 9.94. The number of nitrogens with one attached hydrogen (secondary N) is 1. The van der Waals surface area contributed by atoms with Gasteiger partial charge in [-0.25, -0.2) is 9.78 Å². The van der Waals surface area contributed by atoms with E-state index in [2.05, 4.69) is 10.3 Å². The first-order valence-corrected chi connectivity index (χ1v) is 7.57. The molecule has 0 bridgehead atoms. The SMILES string of the molecule is CC(C)CC(NC(=O)CCc1ncc(C(C)(C)C)o1)C(=O)O. The highest BCUT2D eigenvalue weighted by atomic mass is 16.4. The third kappa shape index (κ3) is 5.87. The topological polar surface area (TPSA) is 92.4 Å². The molecule has 0 radical (unpaired) electrons. The van der Waals surface area contributed by atoms with Crippen molar-refractivity contribution >= 4 is 11.9 Å². The van der Waals surface area contributed by atoms with Crippen molar-refractivity contribution in [2.75, 3.05) is 0 Å². The van der Waals surface area contributed by atoms with Crippen LogP contribution in [-0.2, 0) is 21.4 Å². The Morgan fingerprint density at radius 3 is 2.45 bits per heavy atom. The molecule has 0 saturated heterocycles. The van der Waals surface area contributed by atoms with E-state index in [1.807, 2.05) is 34.6 Å². The van der Waals surface area contributed by atoms with Crippen LogP contribution in [0.15, 0.2) is 10.6 Å². The van der Waals surface area contributed by atoms with Gasteiger partial charge < -0.3 is 14.8 Å². The Bertz CT molecular complexity index is 514. The normalized spacial score (nSPS) is 13.2. The number of hydrogen-bond acceptors (Lipinski definition) is 4. The van der Waals surface area contributed by atoms with Crippen molar-refractivity contribution in [3.05, 3.63) is 17.8 Å². The summed E-state index contributed by atoms with van der Waals surface area (Å²) in [6.07, 6.45) is 2.60. The van der Waals surface area contributed by atoms with Gasteiger partial charge in [-0.2, -0.15) is 0 Å². The summed E-state index contributed by atoms with van der Waals surface area (Å²) < 4.78 is 5.61. The number of aliphatic carboxylic acids is 1. The zero-order valence-electron chi connectivity index (χ0n) is 14.0. The van der Waals surface area contributed by atoms with Gasteiger partial charge in [0, 0.05) is 18.3 Å². The molecule has 0 aliphatic carbocycles. The molecule has 0 spiro atoms. The first-order chi connectivity index (χ1) is 10.1. The molecule has 1 heterocycles. The molecule has 1 unspecified atom stereocenters. The average Bonchev–Trinajstić information content (AvgIpc) is 2.83. The Labute approximate surface area is 131 Å². The number of carboxylic acid groups (broad SMARTS) is 1. The number of amides is 1. The molecule has 0 aliphatic rings. The zero-order chi connectivity index (χ0) is 16.9. The molecule has 6 heteroatoms. The number of rotatable bonds is 7. The van der Waals surface area contributed by atoms with Gasteiger partial charge in [-0.3, -0.25) is 4.79 Å². The lowest BCUT2D eigenvalue weighted by Gasteiger charge is -2.16. The summed E-state index contributed by atoms with van der Waals surface area (Å²) in [6.45, 7) is 9.90. The van der Waals surface area contributed by atoms with E-state index in [1.54, 1.807) is 6.20 Å². The van der Waals surface area contributed by atoms with Gasteiger partial charge in [-0.05, 0) is 12.3 Å². The molecular weight excluding hydrogens is 284 g/mol. The zero-order valence-corrected chi connectivity index (χ0v) is 14.0. The molecular formula is C16H26N2O4. The van der Waals surface area contributed by atoms with Crippen LogP contribution in [0.25, 0.3) is 0 Å². The van der Waals surface area contributed by atoms with Gasteiger partial charge in [0.05, 0.1) is 6.20 Å². The molecule has 0 saturated carbocycles. The molecule has 1 aromatic heterocycles. The fraction of sp³-hybridized carbons (Fsp3) is 0.688. The number of aryl methyl sites for hydroxylation is 1. The molecule has 6 nitrogen and oxygen atoms in total. The number of aromatic nitrogens is 1. The van der Waals surface area contributed by atoms with Crippen LogP contribution in [0, 0.1) is 5.92 Å². The second-order valence-electron chi connectivity index (χ2n) is 6.96. The molecule has 0 fully saturated rings. The van der Waals surface area contributed by atoms with Gasteiger partial charge in [-0.1, -0.05) is 34.6 Å². The highest BCUT2D eigenvalue weighted by Gasteiger charge is 2.22. The Balaban J connectivity index is 2.51. The van der Waals surface area contributed by atoms with Gasteiger partial charge in [0.15, 0.2) is 5.89 Å². The molecule has 0 aromatic carbocycles. The predicted octanol–water partition coefficient (Wildman–Crippen LogP) is 2.52. The van der Waals surface area contributed by atoms with Crippen LogP contribution in [0.3, 0.4) is 0 Å². The maximum absolute atomic E-state index is 11.9. The second kappa shape index (κ2) is 7.42. The number of hydrogen-bond donors (Lipinski definition) is 2. The van der Waals surface area contributed by atoms with Crippen LogP contribution in [0.2, 0.25) is 0 Å². The molecule has 1 rings (SSSR count). The summed E-state index contributed by atoms with van der Waals surface area (Å²) in [5.41, 5.74) is -0.126. The van der Waals surface area contributed by atoms with E-state index in [-0.39, 0.29) is 23.7 Å². The highest BCUT2D eigenvalue weighted by Crippen LogP contribution is 2.22. The predicted molar refractivity (Wildman–Crippen MR) is 82.5 cm³/mol. The van der Waals surface area contributed by atoms with Gasteiger partial charge in [0.2, 0.25) is 5.91 Å². The van der Waals surface area contributed by atoms with E-state index < -0.39 is 12.0 Å². The minimum atomic E-state index is -1.01. The van der Waals surface area contributed by atoms with Crippen molar-refractivity contribution in [3.63, 3.8) is 0 Å². The summed E-state index contributed by atoms with van der Waals surface area (Å²) in [5.74, 6) is 0.154. The van der Waals surface area contributed by atoms with E-state index in [9.17, 15) is 9.59 Å². The van der Waals surface area contributed by atoms with E-state index in [0.29, 0.717) is 18.7 Å². The maximum Gasteiger partial charge on any atom is 0.326 e. The standard InChI is InChI=1S/C16H26N2O4/c1-10(2)8-11(15(20)21)18-13(19)6-7-14-17-9-12(22-14)16(3,4)5/h9-11H,6-8H2,1-5H3,(H,18,19)(H,20,21). The van der Waals surface area contributed by atoms with Gasteiger partial charge in [0.25, 0.3) is 0 Å². The van der Waals surface area contributed by atoms with Crippen molar-refractivity contribution in [3.8, 4) is 0 Å². The average molecular weight is 310 g/mol. The van der Waals surface area contributed by atoms with Crippen molar-refractivity contribution in [1.29, 1.82) is 0 Å². The molecule has 124 valence electrons. The minimum Gasteiger partial charge on any atom is -0.480 e. The number of carbonyl (C=O) groups excluding carboxylic acids is 1. The number of carbonyl (C=O) groups is 2. The third-order valence-electron chi connectivity index (χ3n) is 3.20. The third-order valence-corrected chi connectivity index (χ3v) is 3.20. The van der Waals surface area contributed by atoms with Gasteiger partial charge in [-0.15, -0.1) is 0 Å². The van der Waals surface area contributed by atoms with Crippen LogP contribution in [-0.4, -0.2) is 28.0 Å². The van der Waals surface area contributed by atoms with Gasteiger partial charge >= 0.3 is 5.97 Å². The molecule has 2 N–H and O–H groups in total. The summed E-state index contributed by atoms with van der Waals surface area (Å²) in [5, 5.41) is 11.7. The summed E-state index contributed by atoms with van der Waals surface area (Å²) in [6, 6.07) is -0.845. The second-order valence-corrected chi connectivity index (χ2v) is 6.96. The van der Waals surface area contributed by atoms with Crippen LogP contribution < -0.4 is 5.32 Å². The van der Waals surface area contributed by atoms with Crippen LogP contribution >= 0.6 is 0 Å². The Morgan fingerprint density at radius 1 is 1.36 bits per heavy atom. The van der Waals surface area contributed by atoms with E-state index in [1.165, 1.54) is 0 Å². The van der Waals surface area contributed by atoms with E-state index in [4.69, 9.17) is 9.52 Å². The lowest BCUT2D eigenvalue weighted by Crippen LogP contribution is -2.41. The molecule has 1 aromatic rings.